The lowest BCUT2D eigenvalue weighted by Crippen LogP contribution is -2.14. The van der Waals surface area contributed by atoms with Crippen molar-refractivity contribution in [2.24, 2.45) is 0 Å². The first-order valence-electron chi connectivity index (χ1n) is 7.42. The maximum atomic E-state index is 5.77. The second kappa shape index (κ2) is 8.18. The van der Waals surface area contributed by atoms with E-state index in [-0.39, 0.29) is 0 Å². The highest BCUT2D eigenvalue weighted by molar-refractivity contribution is 5.27. The van der Waals surface area contributed by atoms with Crippen LogP contribution < -0.4 is 10.1 Å². The van der Waals surface area contributed by atoms with Gasteiger partial charge in [-0.2, -0.15) is 0 Å². The zero-order chi connectivity index (χ0) is 13.3. The maximum Gasteiger partial charge on any atom is 0.119 e. The van der Waals surface area contributed by atoms with E-state index in [0.29, 0.717) is 19.3 Å². The SMILES string of the molecule is CCNCc1ccc(OCCOC2CCCC2)cc1. The third-order valence-corrected chi connectivity index (χ3v) is 3.51. The van der Waals surface area contributed by atoms with Crippen molar-refractivity contribution >= 4 is 0 Å². The minimum Gasteiger partial charge on any atom is -0.491 e. The van der Waals surface area contributed by atoms with E-state index in [9.17, 15) is 0 Å². The van der Waals surface area contributed by atoms with E-state index in [1.165, 1.54) is 31.2 Å². The number of hydrogen-bond acceptors (Lipinski definition) is 3. The summed E-state index contributed by atoms with van der Waals surface area (Å²) in [6, 6.07) is 8.27. The molecule has 19 heavy (non-hydrogen) atoms. The van der Waals surface area contributed by atoms with Gasteiger partial charge in [0, 0.05) is 6.54 Å². The molecule has 1 aromatic carbocycles. The summed E-state index contributed by atoms with van der Waals surface area (Å²) in [6.07, 6.45) is 5.56. The van der Waals surface area contributed by atoms with E-state index in [1.54, 1.807) is 0 Å². The van der Waals surface area contributed by atoms with Crippen molar-refractivity contribution in [1.82, 2.24) is 5.32 Å². The van der Waals surface area contributed by atoms with Crippen LogP contribution in [-0.2, 0) is 11.3 Å². The molecule has 0 radical (unpaired) electrons. The molecule has 1 fully saturated rings. The molecule has 0 heterocycles. The summed E-state index contributed by atoms with van der Waals surface area (Å²) in [5.41, 5.74) is 1.29. The van der Waals surface area contributed by atoms with Gasteiger partial charge in [0.15, 0.2) is 0 Å². The molecule has 1 aliphatic carbocycles. The Bertz CT molecular complexity index is 344. The average molecular weight is 263 g/mol. The lowest BCUT2D eigenvalue weighted by atomic mass is 10.2. The molecule has 1 aromatic rings. The summed E-state index contributed by atoms with van der Waals surface area (Å²) in [7, 11) is 0. The van der Waals surface area contributed by atoms with Gasteiger partial charge in [-0.25, -0.2) is 0 Å². The third-order valence-electron chi connectivity index (χ3n) is 3.51. The number of ether oxygens (including phenoxy) is 2. The van der Waals surface area contributed by atoms with Gasteiger partial charge in [0.05, 0.1) is 12.7 Å². The van der Waals surface area contributed by atoms with Crippen LogP contribution in [0.3, 0.4) is 0 Å². The smallest absolute Gasteiger partial charge is 0.119 e. The summed E-state index contributed by atoms with van der Waals surface area (Å²) < 4.78 is 11.4. The van der Waals surface area contributed by atoms with Crippen LogP contribution in [0.2, 0.25) is 0 Å². The van der Waals surface area contributed by atoms with Crippen molar-refractivity contribution in [3.63, 3.8) is 0 Å². The third kappa shape index (κ3) is 5.21. The normalized spacial score (nSPS) is 15.8. The molecule has 0 atom stereocenters. The van der Waals surface area contributed by atoms with Gasteiger partial charge in [0.1, 0.15) is 12.4 Å². The van der Waals surface area contributed by atoms with Crippen LogP contribution >= 0.6 is 0 Å². The number of rotatable bonds is 8. The van der Waals surface area contributed by atoms with E-state index < -0.39 is 0 Å². The van der Waals surface area contributed by atoms with Gasteiger partial charge in [-0.15, -0.1) is 0 Å². The first kappa shape index (κ1) is 14.4. The maximum absolute atomic E-state index is 5.77. The Morgan fingerprint density at radius 2 is 1.84 bits per heavy atom. The van der Waals surface area contributed by atoms with Gasteiger partial charge in [-0.3, -0.25) is 0 Å². The minimum absolute atomic E-state index is 0.478. The topological polar surface area (TPSA) is 30.5 Å². The van der Waals surface area contributed by atoms with Gasteiger partial charge in [-0.1, -0.05) is 31.9 Å². The standard InChI is InChI=1S/C16H25NO2/c1-2-17-13-14-7-9-16(10-8-14)19-12-11-18-15-5-3-4-6-15/h7-10,15,17H,2-6,11-13H2,1H3. The fourth-order valence-electron chi connectivity index (χ4n) is 2.40. The summed E-state index contributed by atoms with van der Waals surface area (Å²) in [6.45, 7) is 5.37. The van der Waals surface area contributed by atoms with Gasteiger partial charge >= 0.3 is 0 Å². The molecule has 106 valence electrons. The average Bonchev–Trinajstić information content (AvgIpc) is 2.96. The van der Waals surface area contributed by atoms with Crippen molar-refractivity contribution in [1.29, 1.82) is 0 Å². The number of hydrogen-bond donors (Lipinski definition) is 1. The summed E-state index contributed by atoms with van der Waals surface area (Å²) in [5, 5.41) is 3.31. The quantitative estimate of drug-likeness (QED) is 0.731. The monoisotopic (exact) mass is 263 g/mol. The molecule has 1 aliphatic rings. The highest BCUT2D eigenvalue weighted by Gasteiger charge is 2.14. The van der Waals surface area contributed by atoms with Crippen molar-refractivity contribution in [2.75, 3.05) is 19.8 Å². The lowest BCUT2D eigenvalue weighted by Gasteiger charge is -2.12. The van der Waals surface area contributed by atoms with Crippen molar-refractivity contribution in [3.8, 4) is 5.75 Å². The Balaban J connectivity index is 1.62. The summed E-state index contributed by atoms with van der Waals surface area (Å²) >= 11 is 0. The van der Waals surface area contributed by atoms with Crippen LogP contribution in [0.4, 0.5) is 0 Å². The minimum atomic E-state index is 0.478. The summed E-state index contributed by atoms with van der Waals surface area (Å²) in [4.78, 5) is 0. The molecule has 0 aliphatic heterocycles. The van der Waals surface area contributed by atoms with E-state index >= 15 is 0 Å². The van der Waals surface area contributed by atoms with E-state index in [4.69, 9.17) is 9.47 Å². The van der Waals surface area contributed by atoms with Gasteiger partial charge in [-0.05, 0) is 37.1 Å². The van der Waals surface area contributed by atoms with Crippen LogP contribution in [-0.4, -0.2) is 25.9 Å². The molecule has 0 saturated heterocycles. The molecule has 0 aromatic heterocycles. The molecule has 0 bridgehead atoms. The van der Waals surface area contributed by atoms with E-state index in [0.717, 1.165) is 18.8 Å². The highest BCUT2D eigenvalue weighted by atomic mass is 16.5. The zero-order valence-electron chi connectivity index (χ0n) is 11.9. The lowest BCUT2D eigenvalue weighted by molar-refractivity contribution is 0.0382. The molecule has 3 heteroatoms. The van der Waals surface area contributed by atoms with Gasteiger partial charge < -0.3 is 14.8 Å². The van der Waals surface area contributed by atoms with Crippen LogP contribution in [0.5, 0.6) is 5.75 Å². The number of nitrogens with one attached hydrogen (secondary N) is 1. The molecule has 0 spiro atoms. The first-order chi connectivity index (χ1) is 9.38. The Kier molecular flexibility index (Phi) is 6.18. The van der Waals surface area contributed by atoms with Crippen LogP contribution in [0.25, 0.3) is 0 Å². The molecular weight excluding hydrogens is 238 g/mol. The van der Waals surface area contributed by atoms with Crippen LogP contribution in [0.1, 0.15) is 38.2 Å². The number of benzene rings is 1. The molecule has 0 unspecified atom stereocenters. The molecule has 1 saturated carbocycles. The van der Waals surface area contributed by atoms with Crippen molar-refractivity contribution in [2.45, 2.75) is 45.3 Å². The fourth-order valence-corrected chi connectivity index (χ4v) is 2.40. The van der Waals surface area contributed by atoms with Gasteiger partial charge in [0.2, 0.25) is 0 Å². The predicted molar refractivity (Wildman–Crippen MR) is 77.5 cm³/mol. The Morgan fingerprint density at radius 1 is 1.11 bits per heavy atom. The zero-order valence-corrected chi connectivity index (χ0v) is 11.9. The molecule has 1 N–H and O–H groups in total. The van der Waals surface area contributed by atoms with E-state index in [2.05, 4.69) is 24.4 Å². The predicted octanol–water partition coefficient (Wildman–Crippen LogP) is 3.13. The highest BCUT2D eigenvalue weighted by Crippen LogP contribution is 2.20. The Hall–Kier alpha value is -1.06. The molecule has 3 nitrogen and oxygen atoms in total. The molecule has 0 amide bonds. The van der Waals surface area contributed by atoms with Gasteiger partial charge in [0.25, 0.3) is 0 Å². The van der Waals surface area contributed by atoms with Crippen molar-refractivity contribution < 1.29 is 9.47 Å². The molecular formula is C16H25NO2. The van der Waals surface area contributed by atoms with Crippen LogP contribution in [0.15, 0.2) is 24.3 Å². The van der Waals surface area contributed by atoms with E-state index in [1.807, 2.05) is 12.1 Å². The Morgan fingerprint density at radius 3 is 2.53 bits per heavy atom. The first-order valence-corrected chi connectivity index (χ1v) is 7.42. The Labute approximate surface area is 116 Å². The van der Waals surface area contributed by atoms with Crippen molar-refractivity contribution in [3.05, 3.63) is 29.8 Å². The van der Waals surface area contributed by atoms with Crippen LogP contribution in [0, 0.1) is 0 Å². The second-order valence-electron chi connectivity index (χ2n) is 5.05. The fraction of sp³-hybridized carbons (Fsp3) is 0.625. The largest absolute Gasteiger partial charge is 0.491 e. The second-order valence-corrected chi connectivity index (χ2v) is 5.05. The summed E-state index contributed by atoms with van der Waals surface area (Å²) in [5.74, 6) is 0.926. The molecule has 2 rings (SSSR count).